The number of alkyl carbamates (subject to hydrolysis) is 1. The molecule has 6 nitrogen and oxygen atoms in total. The predicted molar refractivity (Wildman–Crippen MR) is 76.4 cm³/mol. The Morgan fingerprint density at radius 3 is 2.35 bits per heavy atom. The van der Waals surface area contributed by atoms with E-state index in [1.807, 2.05) is 31.2 Å². The van der Waals surface area contributed by atoms with Crippen LogP contribution in [-0.2, 0) is 11.3 Å². The molecule has 0 saturated carbocycles. The van der Waals surface area contributed by atoms with Crippen molar-refractivity contribution < 1.29 is 14.3 Å². The number of hydrogen-bond donors (Lipinski definition) is 3. The molecule has 0 aliphatic heterocycles. The Labute approximate surface area is 118 Å². The number of ether oxygens (including phenoxy) is 1. The van der Waals surface area contributed by atoms with Gasteiger partial charge in [-0.3, -0.25) is 0 Å². The zero-order valence-corrected chi connectivity index (χ0v) is 11.9. The Morgan fingerprint density at radius 2 is 1.70 bits per heavy atom. The molecule has 0 aromatic heterocycles. The Kier molecular flexibility index (Phi) is 6.95. The summed E-state index contributed by atoms with van der Waals surface area (Å²) in [5, 5.41) is 7.89. The van der Waals surface area contributed by atoms with Gasteiger partial charge in [-0.05, 0) is 19.4 Å². The van der Waals surface area contributed by atoms with Crippen molar-refractivity contribution in [2.75, 3.05) is 19.7 Å². The van der Waals surface area contributed by atoms with Crippen molar-refractivity contribution in [3.8, 4) is 0 Å². The van der Waals surface area contributed by atoms with E-state index in [1.54, 1.807) is 6.92 Å². The first-order valence-corrected chi connectivity index (χ1v) is 6.59. The lowest BCUT2D eigenvalue weighted by Gasteiger charge is -2.08. The molecule has 1 rings (SSSR count). The van der Waals surface area contributed by atoms with Crippen LogP contribution in [0.4, 0.5) is 9.59 Å². The van der Waals surface area contributed by atoms with E-state index in [4.69, 9.17) is 0 Å². The van der Waals surface area contributed by atoms with Gasteiger partial charge >= 0.3 is 12.1 Å². The minimum Gasteiger partial charge on any atom is -0.450 e. The van der Waals surface area contributed by atoms with Crippen LogP contribution >= 0.6 is 0 Å². The average Bonchev–Trinajstić information content (AvgIpc) is 2.43. The fourth-order valence-electron chi connectivity index (χ4n) is 1.47. The predicted octanol–water partition coefficient (Wildman–Crippen LogP) is 1.54. The van der Waals surface area contributed by atoms with Crippen molar-refractivity contribution >= 4 is 12.1 Å². The second-order valence-corrected chi connectivity index (χ2v) is 4.24. The van der Waals surface area contributed by atoms with Crippen LogP contribution < -0.4 is 16.0 Å². The molecule has 0 heterocycles. The van der Waals surface area contributed by atoms with Crippen molar-refractivity contribution in [1.29, 1.82) is 0 Å². The van der Waals surface area contributed by atoms with Crippen LogP contribution in [0.15, 0.2) is 24.3 Å². The van der Waals surface area contributed by atoms with Gasteiger partial charge in [0, 0.05) is 19.6 Å². The van der Waals surface area contributed by atoms with Crippen molar-refractivity contribution in [3.63, 3.8) is 0 Å². The zero-order valence-electron chi connectivity index (χ0n) is 11.9. The van der Waals surface area contributed by atoms with E-state index in [1.165, 1.54) is 5.56 Å². The highest BCUT2D eigenvalue weighted by Crippen LogP contribution is 2.02. The third-order valence-corrected chi connectivity index (χ3v) is 2.53. The number of urea groups is 1. The number of rotatable bonds is 6. The van der Waals surface area contributed by atoms with E-state index in [9.17, 15) is 9.59 Å². The highest BCUT2D eigenvalue weighted by Gasteiger charge is 2.01. The highest BCUT2D eigenvalue weighted by atomic mass is 16.5. The zero-order chi connectivity index (χ0) is 14.8. The van der Waals surface area contributed by atoms with E-state index in [-0.39, 0.29) is 6.03 Å². The van der Waals surface area contributed by atoms with Crippen LogP contribution in [0.1, 0.15) is 18.1 Å². The molecule has 110 valence electrons. The fraction of sp³-hybridized carbons (Fsp3) is 0.429. The van der Waals surface area contributed by atoms with Crippen LogP contribution in [-0.4, -0.2) is 31.8 Å². The summed E-state index contributed by atoms with van der Waals surface area (Å²) in [6.45, 7) is 5.22. The third-order valence-electron chi connectivity index (χ3n) is 2.53. The number of carbonyl (C=O) groups excluding carboxylic acids is 2. The van der Waals surface area contributed by atoms with Gasteiger partial charge < -0.3 is 20.7 Å². The number of amides is 3. The molecule has 0 bridgehead atoms. The molecule has 3 amide bonds. The minimum absolute atomic E-state index is 0.267. The number of hydrogen-bond acceptors (Lipinski definition) is 3. The molecule has 0 aliphatic rings. The summed E-state index contributed by atoms with van der Waals surface area (Å²) >= 11 is 0. The van der Waals surface area contributed by atoms with E-state index >= 15 is 0 Å². The molecule has 6 heteroatoms. The van der Waals surface area contributed by atoms with E-state index in [2.05, 4.69) is 20.7 Å². The van der Waals surface area contributed by atoms with Crippen molar-refractivity contribution in [3.05, 3.63) is 35.4 Å². The maximum atomic E-state index is 11.5. The number of aryl methyl sites for hydroxylation is 1. The van der Waals surface area contributed by atoms with Crippen molar-refractivity contribution in [1.82, 2.24) is 16.0 Å². The van der Waals surface area contributed by atoms with Crippen molar-refractivity contribution in [2.24, 2.45) is 0 Å². The first-order chi connectivity index (χ1) is 9.61. The second-order valence-electron chi connectivity index (χ2n) is 4.24. The van der Waals surface area contributed by atoms with Crippen LogP contribution in [0, 0.1) is 6.92 Å². The quantitative estimate of drug-likeness (QED) is 0.691. The summed E-state index contributed by atoms with van der Waals surface area (Å²) < 4.78 is 4.69. The van der Waals surface area contributed by atoms with E-state index < -0.39 is 6.09 Å². The average molecular weight is 279 g/mol. The second kappa shape index (κ2) is 8.79. The Morgan fingerprint density at radius 1 is 1.05 bits per heavy atom. The van der Waals surface area contributed by atoms with E-state index in [0.29, 0.717) is 26.2 Å². The Hall–Kier alpha value is -2.24. The molecule has 0 fully saturated rings. The standard InChI is InChI=1S/C14H21N3O3/c1-3-20-14(19)16-9-8-15-13(18)17-10-12-6-4-11(2)5-7-12/h4-7H,3,8-10H2,1-2H3,(H,16,19)(H2,15,17,18). The molecule has 1 aromatic rings. The number of carbonyl (C=O) groups is 2. The van der Waals surface area contributed by atoms with Gasteiger partial charge in [-0.2, -0.15) is 0 Å². The highest BCUT2D eigenvalue weighted by molar-refractivity contribution is 5.74. The lowest BCUT2D eigenvalue weighted by molar-refractivity contribution is 0.152. The SMILES string of the molecule is CCOC(=O)NCCNC(=O)NCc1ccc(C)cc1. The minimum atomic E-state index is -0.477. The molecule has 1 aromatic carbocycles. The van der Waals surface area contributed by atoms with Gasteiger partial charge in [-0.25, -0.2) is 9.59 Å². The summed E-state index contributed by atoms with van der Waals surface area (Å²) in [4.78, 5) is 22.5. The van der Waals surface area contributed by atoms with Gasteiger partial charge in [0.15, 0.2) is 0 Å². The maximum Gasteiger partial charge on any atom is 0.407 e. The number of nitrogens with one attached hydrogen (secondary N) is 3. The first-order valence-electron chi connectivity index (χ1n) is 6.59. The summed E-state index contributed by atoms with van der Waals surface area (Å²) in [6.07, 6.45) is -0.477. The largest absolute Gasteiger partial charge is 0.450 e. The van der Waals surface area contributed by atoms with Gasteiger partial charge in [0.1, 0.15) is 0 Å². The number of benzene rings is 1. The molecular weight excluding hydrogens is 258 g/mol. The van der Waals surface area contributed by atoms with Gasteiger partial charge in [0.05, 0.1) is 6.61 Å². The molecule has 0 unspecified atom stereocenters. The van der Waals surface area contributed by atoms with Crippen LogP contribution in [0.5, 0.6) is 0 Å². The molecule has 20 heavy (non-hydrogen) atoms. The first kappa shape index (κ1) is 15.8. The lowest BCUT2D eigenvalue weighted by atomic mass is 10.1. The van der Waals surface area contributed by atoms with Gasteiger partial charge in [0.2, 0.25) is 0 Å². The van der Waals surface area contributed by atoms with Crippen LogP contribution in [0.25, 0.3) is 0 Å². The molecular formula is C14H21N3O3. The van der Waals surface area contributed by atoms with Gasteiger partial charge in [-0.15, -0.1) is 0 Å². The Balaban J connectivity index is 2.11. The summed E-state index contributed by atoms with van der Waals surface area (Å²) in [7, 11) is 0. The third kappa shape index (κ3) is 6.63. The van der Waals surface area contributed by atoms with E-state index in [0.717, 1.165) is 5.56 Å². The van der Waals surface area contributed by atoms with Crippen molar-refractivity contribution in [2.45, 2.75) is 20.4 Å². The topological polar surface area (TPSA) is 79.5 Å². The summed E-state index contributed by atoms with van der Waals surface area (Å²) in [5.74, 6) is 0. The van der Waals surface area contributed by atoms with Crippen LogP contribution in [0.2, 0.25) is 0 Å². The molecule has 0 aliphatic carbocycles. The monoisotopic (exact) mass is 279 g/mol. The maximum absolute atomic E-state index is 11.5. The molecule has 3 N–H and O–H groups in total. The molecule has 0 radical (unpaired) electrons. The summed E-state index contributed by atoms with van der Waals surface area (Å²) in [6, 6.07) is 7.67. The van der Waals surface area contributed by atoms with Crippen LogP contribution in [0.3, 0.4) is 0 Å². The smallest absolute Gasteiger partial charge is 0.407 e. The normalized spacial score (nSPS) is 9.70. The molecule has 0 spiro atoms. The van der Waals surface area contributed by atoms with Gasteiger partial charge in [-0.1, -0.05) is 29.8 Å². The molecule has 0 saturated heterocycles. The fourth-order valence-corrected chi connectivity index (χ4v) is 1.47. The molecule has 0 atom stereocenters. The summed E-state index contributed by atoms with van der Waals surface area (Å²) in [5.41, 5.74) is 2.22. The van der Waals surface area contributed by atoms with Gasteiger partial charge in [0.25, 0.3) is 0 Å². The Bertz CT molecular complexity index is 432. The lowest BCUT2D eigenvalue weighted by Crippen LogP contribution is -2.40.